The highest BCUT2D eigenvalue weighted by atomic mass is 32.2. The van der Waals surface area contributed by atoms with Crippen molar-refractivity contribution < 1.29 is 22.7 Å². The number of aliphatic hydroxyl groups excluding tert-OH is 1. The van der Waals surface area contributed by atoms with E-state index in [1.54, 1.807) is 6.92 Å². The molecule has 0 unspecified atom stereocenters. The average Bonchev–Trinajstić information content (AvgIpc) is 2.80. The quantitative estimate of drug-likeness (QED) is 0.836. The van der Waals surface area contributed by atoms with Crippen molar-refractivity contribution in [1.29, 1.82) is 0 Å². The Morgan fingerprint density at radius 3 is 2.68 bits per heavy atom. The Morgan fingerprint density at radius 1 is 1.42 bits per heavy atom. The second-order valence-corrected chi connectivity index (χ2v) is 6.43. The third-order valence-corrected chi connectivity index (χ3v) is 4.80. The van der Waals surface area contributed by atoms with Crippen LogP contribution in [-0.2, 0) is 21.4 Å². The number of aliphatic hydroxyl groups is 1. The van der Waals surface area contributed by atoms with E-state index in [4.69, 9.17) is 14.3 Å². The lowest BCUT2D eigenvalue weighted by Crippen LogP contribution is -2.32. The summed E-state index contributed by atoms with van der Waals surface area (Å²) in [7, 11) is -3.58. The first kappa shape index (κ1) is 14.5. The maximum absolute atomic E-state index is 12.1. The molecule has 0 amide bonds. The fraction of sp³-hybridized carbons (Fsp3) is 0.667. The van der Waals surface area contributed by atoms with Gasteiger partial charge in [-0.15, -0.1) is 0 Å². The molecule has 0 aliphatic carbocycles. The molecule has 1 aromatic rings. The SMILES string of the molecule is Cc1oc(CO)cc1S(=O)(=O)NCC1CCOCC1. The molecule has 0 spiro atoms. The summed E-state index contributed by atoms with van der Waals surface area (Å²) in [6, 6.07) is 1.36. The predicted molar refractivity (Wildman–Crippen MR) is 68.1 cm³/mol. The summed E-state index contributed by atoms with van der Waals surface area (Å²) in [5.41, 5.74) is 0. The minimum Gasteiger partial charge on any atom is -0.462 e. The molecule has 0 saturated carbocycles. The Labute approximate surface area is 112 Å². The number of ether oxygens (including phenoxy) is 1. The zero-order valence-electron chi connectivity index (χ0n) is 10.9. The van der Waals surface area contributed by atoms with Crippen LogP contribution in [0.15, 0.2) is 15.4 Å². The Morgan fingerprint density at radius 2 is 2.11 bits per heavy atom. The average molecular weight is 289 g/mol. The molecule has 2 rings (SSSR count). The van der Waals surface area contributed by atoms with Crippen LogP contribution in [0.4, 0.5) is 0 Å². The van der Waals surface area contributed by atoms with Crippen molar-refractivity contribution in [3.63, 3.8) is 0 Å². The molecule has 1 aromatic heterocycles. The summed E-state index contributed by atoms with van der Waals surface area (Å²) in [4.78, 5) is 0.101. The van der Waals surface area contributed by atoms with E-state index < -0.39 is 10.0 Å². The van der Waals surface area contributed by atoms with Crippen molar-refractivity contribution in [1.82, 2.24) is 4.72 Å². The van der Waals surface area contributed by atoms with Gasteiger partial charge in [0.15, 0.2) is 0 Å². The highest BCUT2D eigenvalue weighted by Crippen LogP contribution is 2.21. The first-order valence-corrected chi connectivity index (χ1v) is 7.79. The minimum absolute atomic E-state index is 0.101. The maximum Gasteiger partial charge on any atom is 0.244 e. The van der Waals surface area contributed by atoms with Crippen LogP contribution >= 0.6 is 0 Å². The Hall–Kier alpha value is -0.890. The van der Waals surface area contributed by atoms with E-state index >= 15 is 0 Å². The van der Waals surface area contributed by atoms with Gasteiger partial charge in [0, 0.05) is 25.8 Å². The standard InChI is InChI=1S/C12H19NO5S/c1-9-12(6-11(8-14)18-9)19(15,16)13-7-10-2-4-17-5-3-10/h6,10,13-14H,2-5,7-8H2,1H3. The van der Waals surface area contributed by atoms with E-state index in [-0.39, 0.29) is 17.3 Å². The van der Waals surface area contributed by atoms with E-state index in [1.165, 1.54) is 6.07 Å². The summed E-state index contributed by atoms with van der Waals surface area (Å²) in [5, 5.41) is 8.95. The molecule has 1 fully saturated rings. The largest absolute Gasteiger partial charge is 0.462 e. The second-order valence-electron chi connectivity index (χ2n) is 4.70. The smallest absolute Gasteiger partial charge is 0.244 e. The van der Waals surface area contributed by atoms with E-state index in [0.29, 0.717) is 31.4 Å². The van der Waals surface area contributed by atoms with Gasteiger partial charge in [-0.1, -0.05) is 0 Å². The van der Waals surface area contributed by atoms with Crippen LogP contribution in [0.2, 0.25) is 0 Å². The normalized spacial score (nSPS) is 17.8. The monoisotopic (exact) mass is 289 g/mol. The maximum atomic E-state index is 12.1. The van der Waals surface area contributed by atoms with E-state index in [1.807, 2.05) is 0 Å². The van der Waals surface area contributed by atoms with E-state index in [0.717, 1.165) is 12.8 Å². The number of aryl methyl sites for hydroxylation is 1. The summed E-state index contributed by atoms with van der Waals surface area (Å²) in [6.45, 7) is 3.04. The third kappa shape index (κ3) is 3.56. The van der Waals surface area contributed by atoms with Gasteiger partial charge in [0.1, 0.15) is 23.0 Å². The van der Waals surface area contributed by atoms with Gasteiger partial charge < -0.3 is 14.3 Å². The molecular formula is C12H19NO5S. The Balaban J connectivity index is 2.02. The zero-order valence-corrected chi connectivity index (χ0v) is 11.7. The molecule has 108 valence electrons. The Kier molecular flexibility index (Phi) is 4.62. The molecule has 7 heteroatoms. The van der Waals surface area contributed by atoms with Gasteiger partial charge >= 0.3 is 0 Å². The van der Waals surface area contributed by atoms with Crippen LogP contribution in [0.25, 0.3) is 0 Å². The summed E-state index contributed by atoms with van der Waals surface area (Å²) in [6.07, 6.45) is 1.74. The molecule has 2 heterocycles. The second kappa shape index (κ2) is 6.04. The van der Waals surface area contributed by atoms with Gasteiger partial charge in [0.2, 0.25) is 10.0 Å². The molecule has 1 aliphatic rings. The summed E-state index contributed by atoms with van der Waals surface area (Å²) >= 11 is 0. The van der Waals surface area contributed by atoms with Gasteiger partial charge in [0.05, 0.1) is 0 Å². The van der Waals surface area contributed by atoms with Crippen molar-refractivity contribution in [2.24, 2.45) is 5.92 Å². The van der Waals surface area contributed by atoms with Crippen LogP contribution in [0, 0.1) is 12.8 Å². The van der Waals surface area contributed by atoms with Crippen LogP contribution < -0.4 is 4.72 Å². The molecule has 0 aromatic carbocycles. The van der Waals surface area contributed by atoms with Crippen LogP contribution in [0.1, 0.15) is 24.4 Å². The van der Waals surface area contributed by atoms with Gasteiger partial charge in [-0.3, -0.25) is 0 Å². The summed E-state index contributed by atoms with van der Waals surface area (Å²) < 4.78 is 37.3. The molecular weight excluding hydrogens is 270 g/mol. The molecule has 0 bridgehead atoms. The minimum atomic E-state index is -3.58. The predicted octanol–water partition coefficient (Wildman–Crippen LogP) is 0.785. The number of rotatable bonds is 5. The lowest BCUT2D eigenvalue weighted by molar-refractivity contribution is 0.0678. The van der Waals surface area contributed by atoms with Crippen molar-refractivity contribution >= 4 is 10.0 Å². The van der Waals surface area contributed by atoms with E-state index in [9.17, 15) is 8.42 Å². The number of hydrogen-bond donors (Lipinski definition) is 2. The van der Waals surface area contributed by atoms with Gasteiger partial charge in [-0.2, -0.15) is 0 Å². The van der Waals surface area contributed by atoms with Crippen LogP contribution in [0.3, 0.4) is 0 Å². The zero-order chi connectivity index (χ0) is 13.9. The number of hydrogen-bond acceptors (Lipinski definition) is 5. The number of nitrogens with one attached hydrogen (secondary N) is 1. The number of furan rings is 1. The highest BCUT2D eigenvalue weighted by Gasteiger charge is 2.23. The lowest BCUT2D eigenvalue weighted by Gasteiger charge is -2.21. The molecule has 1 aliphatic heterocycles. The lowest BCUT2D eigenvalue weighted by atomic mass is 10.0. The van der Waals surface area contributed by atoms with Crippen molar-refractivity contribution in [3.05, 3.63) is 17.6 Å². The first-order chi connectivity index (χ1) is 9.03. The Bertz CT molecular complexity index is 516. The molecule has 2 N–H and O–H groups in total. The van der Waals surface area contributed by atoms with Gasteiger partial charge in [-0.25, -0.2) is 13.1 Å². The third-order valence-electron chi connectivity index (χ3n) is 3.27. The molecule has 6 nitrogen and oxygen atoms in total. The molecule has 1 saturated heterocycles. The summed E-state index contributed by atoms with van der Waals surface area (Å²) in [5.74, 6) is 0.862. The van der Waals surface area contributed by atoms with Gasteiger partial charge in [-0.05, 0) is 25.7 Å². The van der Waals surface area contributed by atoms with Crippen molar-refractivity contribution in [3.8, 4) is 0 Å². The van der Waals surface area contributed by atoms with Crippen molar-refractivity contribution in [2.45, 2.75) is 31.3 Å². The molecule has 0 atom stereocenters. The fourth-order valence-electron chi connectivity index (χ4n) is 2.12. The highest BCUT2D eigenvalue weighted by molar-refractivity contribution is 7.89. The number of sulfonamides is 1. The topological polar surface area (TPSA) is 88.8 Å². The van der Waals surface area contributed by atoms with E-state index in [2.05, 4.69) is 4.72 Å². The fourth-order valence-corrected chi connectivity index (χ4v) is 3.44. The molecule has 0 radical (unpaired) electrons. The van der Waals surface area contributed by atoms with Crippen LogP contribution in [0.5, 0.6) is 0 Å². The van der Waals surface area contributed by atoms with Crippen LogP contribution in [-0.4, -0.2) is 33.3 Å². The molecule has 19 heavy (non-hydrogen) atoms. The van der Waals surface area contributed by atoms with Gasteiger partial charge in [0.25, 0.3) is 0 Å². The first-order valence-electron chi connectivity index (χ1n) is 6.30. The van der Waals surface area contributed by atoms with Crippen molar-refractivity contribution in [2.75, 3.05) is 19.8 Å².